The van der Waals surface area contributed by atoms with Crippen LogP contribution in [0.15, 0.2) is 188 Å². The van der Waals surface area contributed by atoms with Gasteiger partial charge in [-0.05, 0) is 89.0 Å². The summed E-state index contributed by atoms with van der Waals surface area (Å²) in [6.07, 6.45) is 0. The first-order valence-corrected chi connectivity index (χ1v) is 19.6. The Labute approximate surface area is 345 Å². The standard InChI is InChI=1S/C53H31N7/c54-32-34-20-24-48-43(28-34)42-18-10-11-19-47(42)59(48)46-25-23-40(29-41(46)33-55)52-56-51(37-16-8-3-9-17-37)57-53(58-52)60-49-26-21-38(35-12-4-1-5-13-35)30-44(49)45-31-39(22-27-50(45)60)36-14-6-2-7-15-36/h1-31H. The highest BCUT2D eigenvalue weighted by Crippen LogP contribution is 2.38. The number of fused-ring (bicyclic) bond motifs is 6. The summed E-state index contributed by atoms with van der Waals surface area (Å²) < 4.78 is 4.22. The first-order chi connectivity index (χ1) is 29.6. The average molecular weight is 766 g/mol. The van der Waals surface area contributed by atoms with Crippen molar-refractivity contribution in [3.63, 3.8) is 0 Å². The molecular weight excluding hydrogens is 735 g/mol. The zero-order valence-electron chi connectivity index (χ0n) is 32.0. The van der Waals surface area contributed by atoms with Gasteiger partial charge in [0.2, 0.25) is 5.95 Å². The lowest BCUT2D eigenvalue weighted by molar-refractivity contribution is 0.953. The average Bonchev–Trinajstić information content (AvgIpc) is 3.83. The van der Waals surface area contributed by atoms with Gasteiger partial charge < -0.3 is 4.57 Å². The summed E-state index contributed by atoms with van der Waals surface area (Å²) in [5, 5.41) is 24.5. The lowest BCUT2D eigenvalue weighted by Crippen LogP contribution is -2.07. The van der Waals surface area contributed by atoms with E-state index >= 15 is 0 Å². The number of hydrogen-bond donors (Lipinski definition) is 0. The van der Waals surface area contributed by atoms with Gasteiger partial charge in [0.1, 0.15) is 6.07 Å². The number of benzene rings is 8. The highest BCUT2D eigenvalue weighted by Gasteiger charge is 2.21. The molecule has 60 heavy (non-hydrogen) atoms. The van der Waals surface area contributed by atoms with Gasteiger partial charge in [0.15, 0.2) is 11.6 Å². The van der Waals surface area contributed by atoms with Crippen molar-refractivity contribution in [1.29, 1.82) is 10.5 Å². The van der Waals surface area contributed by atoms with Crippen LogP contribution in [0.2, 0.25) is 0 Å². The zero-order chi connectivity index (χ0) is 40.2. The van der Waals surface area contributed by atoms with Gasteiger partial charge in [-0.25, -0.2) is 4.98 Å². The van der Waals surface area contributed by atoms with E-state index in [2.05, 4.69) is 106 Å². The lowest BCUT2D eigenvalue weighted by atomic mass is 10.0. The summed E-state index contributed by atoms with van der Waals surface area (Å²) in [4.78, 5) is 15.4. The van der Waals surface area contributed by atoms with Crippen LogP contribution in [0, 0.1) is 22.7 Å². The van der Waals surface area contributed by atoms with Crippen LogP contribution in [-0.4, -0.2) is 24.1 Å². The van der Waals surface area contributed by atoms with E-state index < -0.39 is 0 Å². The Morgan fingerprint density at radius 3 is 1.47 bits per heavy atom. The molecule has 0 aliphatic carbocycles. The molecule has 7 nitrogen and oxygen atoms in total. The van der Waals surface area contributed by atoms with Crippen molar-refractivity contribution in [3.8, 4) is 68.8 Å². The molecule has 0 aliphatic rings. The predicted octanol–water partition coefficient (Wildman–Crippen LogP) is 12.5. The number of hydrogen-bond acceptors (Lipinski definition) is 5. The smallest absolute Gasteiger partial charge is 0.238 e. The predicted molar refractivity (Wildman–Crippen MR) is 240 cm³/mol. The number of para-hydroxylation sites is 1. The summed E-state index contributed by atoms with van der Waals surface area (Å²) in [6, 6.07) is 68.1. The first-order valence-electron chi connectivity index (χ1n) is 19.6. The number of nitriles is 2. The fourth-order valence-electron chi connectivity index (χ4n) is 8.43. The molecule has 0 atom stereocenters. The quantitative estimate of drug-likeness (QED) is 0.168. The largest absolute Gasteiger partial charge is 0.308 e. The molecule has 7 heteroatoms. The van der Waals surface area contributed by atoms with Gasteiger partial charge in [0, 0.05) is 32.7 Å². The van der Waals surface area contributed by atoms with Gasteiger partial charge in [-0.2, -0.15) is 20.5 Å². The maximum atomic E-state index is 10.7. The molecule has 0 spiro atoms. The second-order valence-electron chi connectivity index (χ2n) is 14.7. The van der Waals surface area contributed by atoms with Gasteiger partial charge in [0.05, 0.1) is 45.0 Å². The van der Waals surface area contributed by atoms with Crippen LogP contribution in [0.25, 0.3) is 100 Å². The van der Waals surface area contributed by atoms with E-state index in [1.54, 1.807) is 0 Å². The van der Waals surface area contributed by atoms with Crippen molar-refractivity contribution in [2.45, 2.75) is 0 Å². The van der Waals surface area contributed by atoms with Crippen LogP contribution >= 0.6 is 0 Å². The minimum Gasteiger partial charge on any atom is -0.308 e. The molecule has 3 aromatic heterocycles. The zero-order valence-corrected chi connectivity index (χ0v) is 32.0. The molecule has 3 heterocycles. The summed E-state index contributed by atoms with van der Waals surface area (Å²) in [7, 11) is 0. The van der Waals surface area contributed by atoms with E-state index in [0.717, 1.165) is 77.1 Å². The van der Waals surface area contributed by atoms with E-state index in [9.17, 15) is 10.5 Å². The molecular formula is C53H31N7. The lowest BCUT2D eigenvalue weighted by Gasteiger charge is -2.13. The highest BCUT2D eigenvalue weighted by molar-refractivity contribution is 6.12. The third kappa shape index (κ3) is 5.69. The molecule has 8 aromatic carbocycles. The molecule has 0 aliphatic heterocycles. The van der Waals surface area contributed by atoms with E-state index in [0.29, 0.717) is 34.3 Å². The number of nitrogens with zero attached hydrogens (tertiary/aromatic N) is 7. The van der Waals surface area contributed by atoms with Crippen molar-refractivity contribution in [2.75, 3.05) is 0 Å². The van der Waals surface area contributed by atoms with Gasteiger partial charge in [-0.15, -0.1) is 0 Å². The molecule has 278 valence electrons. The van der Waals surface area contributed by atoms with Crippen molar-refractivity contribution >= 4 is 43.6 Å². The third-order valence-electron chi connectivity index (χ3n) is 11.3. The van der Waals surface area contributed by atoms with Gasteiger partial charge in [-0.3, -0.25) is 4.57 Å². The normalized spacial score (nSPS) is 11.3. The Balaban J connectivity index is 1.13. The van der Waals surface area contributed by atoms with Crippen LogP contribution in [0.4, 0.5) is 0 Å². The molecule has 0 saturated carbocycles. The Morgan fingerprint density at radius 1 is 0.350 bits per heavy atom. The summed E-state index contributed by atoms with van der Waals surface area (Å²) in [5.74, 6) is 1.43. The second kappa shape index (κ2) is 14.1. The minimum absolute atomic E-state index is 0.444. The van der Waals surface area contributed by atoms with E-state index in [4.69, 9.17) is 15.0 Å². The Kier molecular flexibility index (Phi) is 8.11. The fraction of sp³-hybridized carbons (Fsp3) is 0. The minimum atomic E-state index is 0.444. The van der Waals surface area contributed by atoms with Crippen LogP contribution in [0.5, 0.6) is 0 Å². The molecule has 0 unspecified atom stereocenters. The third-order valence-corrected chi connectivity index (χ3v) is 11.3. The molecule has 0 N–H and O–H groups in total. The van der Waals surface area contributed by atoms with Crippen LogP contribution in [0.3, 0.4) is 0 Å². The molecule has 0 amide bonds. The molecule has 0 saturated heterocycles. The summed E-state index contributed by atoms with van der Waals surface area (Å²) in [5.41, 5.74) is 11.6. The van der Waals surface area contributed by atoms with Crippen molar-refractivity contribution < 1.29 is 0 Å². The Hall–Kier alpha value is -8.65. The number of aromatic nitrogens is 5. The Morgan fingerprint density at radius 2 is 0.850 bits per heavy atom. The number of rotatable bonds is 6. The topological polar surface area (TPSA) is 96.1 Å². The second-order valence-corrected chi connectivity index (χ2v) is 14.7. The van der Waals surface area contributed by atoms with E-state index in [1.165, 1.54) is 0 Å². The Bertz CT molecular complexity index is 3460. The summed E-state index contributed by atoms with van der Waals surface area (Å²) in [6.45, 7) is 0. The highest BCUT2D eigenvalue weighted by atomic mass is 15.2. The molecule has 0 radical (unpaired) electrons. The molecule has 0 fully saturated rings. The van der Waals surface area contributed by atoms with Crippen LogP contribution in [-0.2, 0) is 0 Å². The SMILES string of the molecule is N#Cc1ccc2c(c1)c1ccccc1n2-c1ccc(-c2nc(-c3ccccc3)nc(-n3c4ccc(-c5ccccc5)cc4c4cc(-c5ccccc5)ccc43)n2)cc1C#N. The van der Waals surface area contributed by atoms with Crippen LogP contribution in [0.1, 0.15) is 11.1 Å². The molecule has 11 aromatic rings. The van der Waals surface area contributed by atoms with Gasteiger partial charge in [-0.1, -0.05) is 121 Å². The first kappa shape index (κ1) is 34.6. The molecule has 11 rings (SSSR count). The van der Waals surface area contributed by atoms with Crippen molar-refractivity contribution in [1.82, 2.24) is 24.1 Å². The van der Waals surface area contributed by atoms with Gasteiger partial charge in [0.25, 0.3) is 0 Å². The van der Waals surface area contributed by atoms with Crippen molar-refractivity contribution in [2.24, 2.45) is 0 Å². The van der Waals surface area contributed by atoms with E-state index in [1.807, 2.05) is 103 Å². The maximum Gasteiger partial charge on any atom is 0.238 e. The maximum absolute atomic E-state index is 10.7. The fourth-order valence-corrected chi connectivity index (χ4v) is 8.43. The summed E-state index contributed by atoms with van der Waals surface area (Å²) >= 11 is 0. The molecule has 0 bridgehead atoms. The van der Waals surface area contributed by atoms with Crippen molar-refractivity contribution in [3.05, 3.63) is 199 Å². The van der Waals surface area contributed by atoms with E-state index in [-0.39, 0.29) is 0 Å². The monoisotopic (exact) mass is 765 g/mol. The van der Waals surface area contributed by atoms with Crippen LogP contribution < -0.4 is 0 Å². The van der Waals surface area contributed by atoms with Gasteiger partial charge >= 0.3 is 0 Å².